The zero-order chi connectivity index (χ0) is 14.8. The first-order valence-corrected chi connectivity index (χ1v) is 7.81. The average molecular weight is 320 g/mol. The minimum atomic E-state index is 0.265. The Labute approximate surface area is 131 Å². The second-order valence-corrected chi connectivity index (χ2v) is 5.63. The number of anilines is 1. The van der Waals surface area contributed by atoms with E-state index < -0.39 is 0 Å². The number of methoxy groups -OCH3 is 1. The third-order valence-electron chi connectivity index (χ3n) is 3.15. The van der Waals surface area contributed by atoms with E-state index in [1.54, 1.807) is 18.4 Å². The van der Waals surface area contributed by atoms with Crippen LogP contribution in [0.1, 0.15) is 6.92 Å². The number of nitrogens with one attached hydrogen (secondary N) is 1. The van der Waals surface area contributed by atoms with Crippen molar-refractivity contribution in [1.82, 2.24) is 9.97 Å². The van der Waals surface area contributed by atoms with Crippen LogP contribution in [0.4, 0.5) is 5.82 Å². The smallest absolute Gasteiger partial charge is 0.225 e. The lowest BCUT2D eigenvalue weighted by atomic mass is 10.1. The maximum atomic E-state index is 5.98. The summed E-state index contributed by atoms with van der Waals surface area (Å²) in [7, 11) is 1.66. The van der Waals surface area contributed by atoms with Gasteiger partial charge in [-0.15, -0.1) is 11.3 Å². The van der Waals surface area contributed by atoms with Gasteiger partial charge in [-0.1, -0.05) is 12.1 Å². The van der Waals surface area contributed by atoms with Crippen LogP contribution in [0, 0.1) is 0 Å². The van der Waals surface area contributed by atoms with Crippen LogP contribution >= 0.6 is 22.9 Å². The van der Waals surface area contributed by atoms with Crippen molar-refractivity contribution in [2.75, 3.05) is 19.0 Å². The molecule has 1 N–H and O–H groups in total. The number of hydrogen-bond donors (Lipinski definition) is 1. The van der Waals surface area contributed by atoms with Gasteiger partial charge >= 0.3 is 0 Å². The monoisotopic (exact) mass is 319 g/mol. The zero-order valence-electron chi connectivity index (χ0n) is 11.7. The van der Waals surface area contributed by atoms with Gasteiger partial charge in [0.15, 0.2) is 0 Å². The van der Waals surface area contributed by atoms with Crippen LogP contribution in [-0.4, -0.2) is 23.6 Å². The minimum Gasteiger partial charge on any atom is -0.497 e. The molecule has 0 saturated heterocycles. The normalized spacial score (nSPS) is 10.8. The predicted octanol–water partition coefficient (Wildman–Crippen LogP) is 4.45. The van der Waals surface area contributed by atoms with Crippen LogP contribution in [-0.2, 0) is 0 Å². The number of ether oxygens (including phenoxy) is 1. The molecule has 4 nitrogen and oxygen atoms in total. The summed E-state index contributed by atoms with van der Waals surface area (Å²) in [5.41, 5.74) is 2.21. The number of benzene rings is 1. The summed E-state index contributed by atoms with van der Waals surface area (Å²) in [5.74, 6) is 1.61. The fraction of sp³-hybridized carbons (Fsp3) is 0.200. The Balaban J connectivity index is 2.17. The lowest BCUT2D eigenvalue weighted by Gasteiger charge is -2.07. The largest absolute Gasteiger partial charge is 0.497 e. The highest BCUT2D eigenvalue weighted by atomic mass is 35.5. The van der Waals surface area contributed by atoms with E-state index in [2.05, 4.69) is 20.7 Å². The van der Waals surface area contributed by atoms with Crippen LogP contribution < -0.4 is 10.1 Å². The van der Waals surface area contributed by atoms with Gasteiger partial charge in [0.25, 0.3) is 0 Å². The van der Waals surface area contributed by atoms with Crippen LogP contribution in [0.15, 0.2) is 29.6 Å². The Kier molecular flexibility index (Phi) is 3.94. The van der Waals surface area contributed by atoms with Crippen LogP contribution in [0.3, 0.4) is 0 Å². The molecule has 0 fully saturated rings. The number of halogens is 1. The van der Waals surface area contributed by atoms with Gasteiger partial charge in [0.1, 0.15) is 16.4 Å². The van der Waals surface area contributed by atoms with Gasteiger partial charge in [-0.3, -0.25) is 0 Å². The summed E-state index contributed by atoms with van der Waals surface area (Å²) >= 11 is 7.55. The van der Waals surface area contributed by atoms with Crippen molar-refractivity contribution in [1.29, 1.82) is 0 Å². The van der Waals surface area contributed by atoms with E-state index in [1.165, 1.54) is 0 Å². The summed E-state index contributed by atoms with van der Waals surface area (Å²) in [6.07, 6.45) is 0. The first-order chi connectivity index (χ1) is 10.2. The quantitative estimate of drug-likeness (QED) is 0.722. The van der Waals surface area contributed by atoms with Gasteiger partial charge in [0, 0.05) is 17.5 Å². The second-order valence-electron chi connectivity index (χ2n) is 4.43. The van der Waals surface area contributed by atoms with E-state index in [0.717, 1.165) is 39.5 Å². The zero-order valence-corrected chi connectivity index (χ0v) is 13.3. The minimum absolute atomic E-state index is 0.265. The van der Waals surface area contributed by atoms with Gasteiger partial charge in [-0.05, 0) is 36.2 Å². The van der Waals surface area contributed by atoms with Crippen molar-refractivity contribution in [3.8, 4) is 16.9 Å². The summed E-state index contributed by atoms with van der Waals surface area (Å²) in [5, 5.41) is 6.61. The van der Waals surface area contributed by atoms with Gasteiger partial charge in [0.05, 0.1) is 12.5 Å². The molecule has 2 aromatic heterocycles. The van der Waals surface area contributed by atoms with Gasteiger partial charge in [-0.2, -0.15) is 0 Å². The fourth-order valence-electron chi connectivity index (χ4n) is 2.19. The molecule has 0 aliphatic carbocycles. The molecule has 0 saturated carbocycles. The summed E-state index contributed by atoms with van der Waals surface area (Å²) < 4.78 is 5.20. The van der Waals surface area contributed by atoms with Gasteiger partial charge in [0.2, 0.25) is 5.28 Å². The molecule has 0 spiro atoms. The van der Waals surface area contributed by atoms with Crippen molar-refractivity contribution >= 4 is 39.0 Å². The molecule has 0 radical (unpaired) electrons. The van der Waals surface area contributed by atoms with Gasteiger partial charge in [-0.25, -0.2) is 9.97 Å². The Morgan fingerprint density at radius 3 is 2.67 bits per heavy atom. The molecule has 3 aromatic rings. The molecule has 108 valence electrons. The second kappa shape index (κ2) is 5.87. The van der Waals surface area contributed by atoms with Crippen molar-refractivity contribution in [3.05, 3.63) is 34.9 Å². The van der Waals surface area contributed by atoms with Crippen molar-refractivity contribution in [2.24, 2.45) is 0 Å². The molecule has 0 bridgehead atoms. The summed E-state index contributed by atoms with van der Waals surface area (Å²) in [6.45, 7) is 2.81. The Morgan fingerprint density at radius 2 is 2.00 bits per heavy atom. The Bertz CT molecular complexity index is 770. The highest BCUT2D eigenvalue weighted by Gasteiger charge is 2.14. The van der Waals surface area contributed by atoms with E-state index >= 15 is 0 Å². The number of rotatable bonds is 4. The van der Waals surface area contributed by atoms with E-state index in [0.29, 0.717) is 0 Å². The average Bonchev–Trinajstić information content (AvgIpc) is 2.91. The Hall–Kier alpha value is -1.85. The molecular formula is C15H14ClN3OS. The predicted molar refractivity (Wildman–Crippen MR) is 88.6 cm³/mol. The maximum Gasteiger partial charge on any atom is 0.225 e. The molecule has 3 rings (SSSR count). The maximum absolute atomic E-state index is 5.98. The third kappa shape index (κ3) is 2.66. The van der Waals surface area contributed by atoms with E-state index in [1.807, 2.05) is 31.2 Å². The lowest BCUT2D eigenvalue weighted by Crippen LogP contribution is -2.01. The fourth-order valence-corrected chi connectivity index (χ4v) is 3.36. The lowest BCUT2D eigenvalue weighted by molar-refractivity contribution is 0.415. The van der Waals surface area contributed by atoms with Crippen LogP contribution in [0.5, 0.6) is 5.75 Å². The molecule has 0 amide bonds. The molecule has 21 heavy (non-hydrogen) atoms. The highest BCUT2D eigenvalue weighted by Crippen LogP contribution is 2.37. The number of fused-ring (bicyclic) bond motifs is 1. The number of thiophene rings is 1. The summed E-state index contributed by atoms with van der Waals surface area (Å²) in [6, 6.07) is 7.96. The Morgan fingerprint density at radius 1 is 1.24 bits per heavy atom. The van der Waals surface area contributed by atoms with Crippen molar-refractivity contribution in [3.63, 3.8) is 0 Å². The summed E-state index contributed by atoms with van der Waals surface area (Å²) in [4.78, 5) is 9.50. The first-order valence-electron chi connectivity index (χ1n) is 6.56. The number of aromatic nitrogens is 2. The molecule has 6 heteroatoms. The topological polar surface area (TPSA) is 47.0 Å². The molecule has 0 unspecified atom stereocenters. The third-order valence-corrected chi connectivity index (χ3v) is 4.19. The van der Waals surface area contributed by atoms with Crippen LogP contribution in [0.25, 0.3) is 21.3 Å². The number of hydrogen-bond acceptors (Lipinski definition) is 5. The molecule has 0 aliphatic rings. The molecule has 0 aliphatic heterocycles. The number of nitrogens with zero attached hydrogens (tertiary/aromatic N) is 2. The molecular weight excluding hydrogens is 306 g/mol. The van der Waals surface area contributed by atoms with E-state index in [-0.39, 0.29) is 5.28 Å². The molecule has 0 atom stereocenters. The SMILES string of the molecule is CCNc1nc(Cl)nc2scc(-c3ccc(OC)cc3)c12. The van der Waals surface area contributed by atoms with Gasteiger partial charge < -0.3 is 10.1 Å². The molecule has 1 aromatic carbocycles. The highest BCUT2D eigenvalue weighted by molar-refractivity contribution is 7.17. The first kappa shape index (κ1) is 14.1. The van der Waals surface area contributed by atoms with Crippen molar-refractivity contribution in [2.45, 2.75) is 6.92 Å². The molecule has 2 heterocycles. The van der Waals surface area contributed by atoms with E-state index in [4.69, 9.17) is 16.3 Å². The van der Waals surface area contributed by atoms with Crippen LogP contribution in [0.2, 0.25) is 5.28 Å². The van der Waals surface area contributed by atoms with Crippen molar-refractivity contribution < 1.29 is 4.74 Å². The van der Waals surface area contributed by atoms with E-state index in [9.17, 15) is 0 Å². The standard InChI is InChI=1S/C15H14ClN3OS/c1-3-17-13-12-11(8-21-14(12)19-15(16)18-13)9-4-6-10(20-2)7-5-9/h4-8H,3H2,1-2H3,(H,17,18,19).